The number of aromatic nitrogens is 1. The van der Waals surface area contributed by atoms with Crippen molar-refractivity contribution in [3.8, 4) is 11.1 Å². The van der Waals surface area contributed by atoms with Crippen LogP contribution >= 0.6 is 11.6 Å². The van der Waals surface area contributed by atoms with Gasteiger partial charge in [-0.25, -0.2) is 0 Å². The van der Waals surface area contributed by atoms with Gasteiger partial charge in [0, 0.05) is 23.0 Å². The maximum Gasteiger partial charge on any atom is 0.0472 e. The van der Waals surface area contributed by atoms with Crippen molar-refractivity contribution in [3.63, 3.8) is 0 Å². The van der Waals surface area contributed by atoms with E-state index < -0.39 is 0 Å². The van der Waals surface area contributed by atoms with Crippen molar-refractivity contribution < 1.29 is 5.11 Å². The zero-order valence-electron chi connectivity index (χ0n) is 16.1. The lowest BCUT2D eigenvalue weighted by atomic mass is 9.84. The highest BCUT2D eigenvalue weighted by atomic mass is 35.5. The number of aliphatic hydroxyl groups excluding tert-OH is 1. The Hall–Kier alpha value is -1.38. The van der Waals surface area contributed by atoms with Gasteiger partial charge in [-0.15, -0.1) is 0 Å². The number of aliphatic hydroxyl groups is 1. The minimum atomic E-state index is 0.134. The molecule has 2 nitrogen and oxygen atoms in total. The highest BCUT2D eigenvalue weighted by Gasteiger charge is 2.22. The van der Waals surface area contributed by atoms with Crippen LogP contribution < -0.4 is 0 Å². The Kier molecular flexibility index (Phi) is 7.04. The molecule has 0 fully saturated rings. The highest BCUT2D eigenvalue weighted by molar-refractivity contribution is 6.30. The number of rotatable bonds is 7. The molecular formula is C22H30ClNO. The normalized spacial score (nSPS) is 11.6. The fraction of sp³-hybridized carbons (Fsp3) is 0.500. The molecule has 0 atom stereocenters. The first-order valence-corrected chi connectivity index (χ1v) is 9.70. The summed E-state index contributed by atoms with van der Waals surface area (Å²) in [4.78, 5) is 5.08. The summed E-state index contributed by atoms with van der Waals surface area (Å²) >= 11 is 6.11. The van der Waals surface area contributed by atoms with E-state index in [0.29, 0.717) is 18.3 Å². The predicted molar refractivity (Wildman–Crippen MR) is 108 cm³/mol. The molecule has 0 saturated carbocycles. The van der Waals surface area contributed by atoms with E-state index >= 15 is 0 Å². The Morgan fingerprint density at radius 1 is 0.920 bits per heavy atom. The second-order valence-corrected chi connectivity index (χ2v) is 7.69. The molecule has 2 aromatic rings. The summed E-state index contributed by atoms with van der Waals surface area (Å²) in [5.41, 5.74) is 7.25. The lowest BCUT2D eigenvalue weighted by Crippen LogP contribution is -2.13. The SMILES string of the molecule is CCCc1c(C(C)C)nc(C(C)C)c(CCO)c1-c1ccc(Cl)cc1. The van der Waals surface area contributed by atoms with Crippen molar-refractivity contribution in [1.82, 2.24) is 4.98 Å². The van der Waals surface area contributed by atoms with Gasteiger partial charge in [0.2, 0.25) is 0 Å². The van der Waals surface area contributed by atoms with Crippen molar-refractivity contribution in [1.29, 1.82) is 0 Å². The van der Waals surface area contributed by atoms with E-state index in [0.717, 1.165) is 23.6 Å². The van der Waals surface area contributed by atoms with Crippen LogP contribution in [0.15, 0.2) is 24.3 Å². The topological polar surface area (TPSA) is 33.1 Å². The van der Waals surface area contributed by atoms with Crippen LogP contribution in [-0.2, 0) is 12.8 Å². The fourth-order valence-corrected chi connectivity index (χ4v) is 3.62. The lowest BCUT2D eigenvalue weighted by molar-refractivity contribution is 0.299. The largest absolute Gasteiger partial charge is 0.396 e. The third-order valence-electron chi connectivity index (χ3n) is 4.55. The minimum absolute atomic E-state index is 0.134. The zero-order chi connectivity index (χ0) is 18.6. The molecule has 0 unspecified atom stereocenters. The summed E-state index contributed by atoms with van der Waals surface area (Å²) in [5.74, 6) is 0.689. The van der Waals surface area contributed by atoms with Gasteiger partial charge in [-0.1, -0.05) is 64.8 Å². The molecular weight excluding hydrogens is 330 g/mol. The van der Waals surface area contributed by atoms with Gasteiger partial charge in [-0.3, -0.25) is 4.98 Å². The average Bonchev–Trinajstić information content (AvgIpc) is 2.56. The van der Waals surface area contributed by atoms with Crippen molar-refractivity contribution in [2.75, 3.05) is 6.61 Å². The van der Waals surface area contributed by atoms with Crippen LogP contribution in [-0.4, -0.2) is 16.7 Å². The quantitative estimate of drug-likeness (QED) is 0.644. The van der Waals surface area contributed by atoms with Gasteiger partial charge in [0.15, 0.2) is 0 Å². The second kappa shape index (κ2) is 8.82. The summed E-state index contributed by atoms with van der Waals surface area (Å²) in [6, 6.07) is 8.07. The molecule has 1 aromatic carbocycles. The van der Waals surface area contributed by atoms with Crippen molar-refractivity contribution in [2.24, 2.45) is 0 Å². The van der Waals surface area contributed by atoms with E-state index in [4.69, 9.17) is 16.6 Å². The molecule has 0 aliphatic heterocycles. The van der Waals surface area contributed by atoms with Gasteiger partial charge >= 0.3 is 0 Å². The Morgan fingerprint density at radius 2 is 1.44 bits per heavy atom. The predicted octanol–water partition coefficient (Wildman–Crippen LogP) is 6.14. The van der Waals surface area contributed by atoms with Gasteiger partial charge in [0.1, 0.15) is 0 Å². The molecule has 1 heterocycles. The maximum atomic E-state index is 9.69. The average molecular weight is 360 g/mol. The molecule has 0 bridgehead atoms. The van der Waals surface area contributed by atoms with Crippen molar-refractivity contribution in [3.05, 3.63) is 51.8 Å². The number of hydrogen-bond donors (Lipinski definition) is 1. The molecule has 0 aliphatic carbocycles. The molecule has 0 amide bonds. The molecule has 25 heavy (non-hydrogen) atoms. The van der Waals surface area contributed by atoms with E-state index in [-0.39, 0.29) is 6.61 Å². The van der Waals surface area contributed by atoms with Crippen LogP contribution in [0.1, 0.15) is 75.4 Å². The van der Waals surface area contributed by atoms with E-state index in [9.17, 15) is 5.11 Å². The number of benzene rings is 1. The van der Waals surface area contributed by atoms with Crippen LogP contribution in [0.25, 0.3) is 11.1 Å². The fourth-order valence-electron chi connectivity index (χ4n) is 3.49. The smallest absolute Gasteiger partial charge is 0.0472 e. The number of nitrogens with zero attached hydrogens (tertiary/aromatic N) is 1. The molecule has 1 aromatic heterocycles. The first-order chi connectivity index (χ1) is 11.9. The number of halogens is 1. The lowest BCUT2D eigenvalue weighted by Gasteiger charge is -2.24. The van der Waals surface area contributed by atoms with Gasteiger partial charge in [-0.05, 0) is 59.1 Å². The first-order valence-electron chi connectivity index (χ1n) is 9.32. The molecule has 136 valence electrons. The summed E-state index contributed by atoms with van der Waals surface area (Å²) in [5, 5.41) is 10.4. The molecule has 3 heteroatoms. The number of hydrogen-bond acceptors (Lipinski definition) is 2. The van der Waals surface area contributed by atoms with E-state index in [1.165, 1.54) is 27.9 Å². The van der Waals surface area contributed by atoms with Crippen LogP contribution in [0, 0.1) is 0 Å². The Bertz CT molecular complexity index is 669. The summed E-state index contributed by atoms with van der Waals surface area (Å²) in [6.07, 6.45) is 2.70. The molecule has 2 rings (SSSR count). The monoisotopic (exact) mass is 359 g/mol. The minimum Gasteiger partial charge on any atom is -0.396 e. The van der Waals surface area contributed by atoms with E-state index in [1.807, 2.05) is 12.1 Å². The van der Waals surface area contributed by atoms with E-state index in [2.05, 4.69) is 46.8 Å². The Balaban J connectivity index is 2.87. The van der Waals surface area contributed by atoms with Gasteiger partial charge in [0.25, 0.3) is 0 Å². The Morgan fingerprint density at radius 3 is 1.88 bits per heavy atom. The molecule has 0 saturated heterocycles. The summed E-state index contributed by atoms with van der Waals surface area (Å²) in [7, 11) is 0. The second-order valence-electron chi connectivity index (χ2n) is 7.25. The van der Waals surface area contributed by atoms with Crippen LogP contribution in [0.2, 0.25) is 5.02 Å². The molecule has 0 spiro atoms. The van der Waals surface area contributed by atoms with Crippen molar-refractivity contribution >= 4 is 11.6 Å². The standard InChI is InChI=1S/C22H30ClNO/c1-6-7-18-20(16-8-10-17(23)11-9-16)19(12-13-25)22(15(4)5)24-21(18)14(2)3/h8-11,14-15,25H,6-7,12-13H2,1-5H3. The van der Waals surface area contributed by atoms with Gasteiger partial charge in [0.05, 0.1) is 0 Å². The highest BCUT2D eigenvalue weighted by Crippen LogP contribution is 2.37. The van der Waals surface area contributed by atoms with Crippen LogP contribution in [0.3, 0.4) is 0 Å². The van der Waals surface area contributed by atoms with Crippen molar-refractivity contribution in [2.45, 2.75) is 65.7 Å². The van der Waals surface area contributed by atoms with Crippen LogP contribution in [0.4, 0.5) is 0 Å². The third-order valence-corrected chi connectivity index (χ3v) is 4.80. The number of pyridine rings is 1. The first kappa shape index (κ1) is 19.9. The molecule has 0 radical (unpaired) electrons. The van der Waals surface area contributed by atoms with Gasteiger partial charge < -0.3 is 5.11 Å². The third kappa shape index (κ3) is 4.43. The zero-order valence-corrected chi connectivity index (χ0v) is 16.8. The summed E-state index contributed by atoms with van der Waals surface area (Å²) in [6.45, 7) is 11.1. The maximum absolute atomic E-state index is 9.69. The molecule has 0 aliphatic rings. The Labute approximate surface area is 157 Å². The van der Waals surface area contributed by atoms with E-state index in [1.54, 1.807) is 0 Å². The molecule has 1 N–H and O–H groups in total. The van der Waals surface area contributed by atoms with Crippen LogP contribution in [0.5, 0.6) is 0 Å². The summed E-state index contributed by atoms with van der Waals surface area (Å²) < 4.78 is 0. The van der Waals surface area contributed by atoms with Gasteiger partial charge in [-0.2, -0.15) is 0 Å².